The fraction of sp³-hybridized carbons (Fsp3) is 0.111. The summed E-state index contributed by atoms with van der Waals surface area (Å²) in [6.45, 7) is 0. The SMILES string of the molecule is Br.N#Cc1ccccc1CSC(=N)N. The van der Waals surface area contributed by atoms with Gasteiger partial charge in [-0.2, -0.15) is 5.26 Å². The predicted molar refractivity (Wildman–Crippen MR) is 64.7 cm³/mol. The fourth-order valence-corrected chi connectivity index (χ4v) is 1.47. The maximum absolute atomic E-state index is 8.74. The van der Waals surface area contributed by atoms with Crippen LogP contribution in [0.5, 0.6) is 0 Å². The summed E-state index contributed by atoms with van der Waals surface area (Å²) in [5, 5.41) is 15.8. The van der Waals surface area contributed by atoms with Crippen molar-refractivity contribution < 1.29 is 0 Å². The van der Waals surface area contributed by atoms with E-state index in [9.17, 15) is 0 Å². The summed E-state index contributed by atoms with van der Waals surface area (Å²) >= 11 is 1.22. The van der Waals surface area contributed by atoms with Crippen molar-refractivity contribution in [3.05, 3.63) is 35.4 Å². The molecule has 5 heteroatoms. The minimum Gasteiger partial charge on any atom is -0.379 e. The number of nitrogens with one attached hydrogen (secondary N) is 1. The number of rotatable bonds is 2. The molecule has 1 aromatic rings. The molecule has 0 aromatic heterocycles. The summed E-state index contributed by atoms with van der Waals surface area (Å²) in [6, 6.07) is 9.42. The minimum absolute atomic E-state index is 0. The van der Waals surface area contributed by atoms with Gasteiger partial charge in [0.15, 0.2) is 5.17 Å². The second kappa shape index (κ2) is 6.46. The van der Waals surface area contributed by atoms with Crippen molar-refractivity contribution in [1.29, 1.82) is 10.7 Å². The minimum atomic E-state index is 0. The number of benzene rings is 1. The Balaban J connectivity index is 0.00000169. The van der Waals surface area contributed by atoms with E-state index in [1.807, 2.05) is 18.2 Å². The third-order valence-corrected chi connectivity index (χ3v) is 2.29. The molecule has 0 amide bonds. The van der Waals surface area contributed by atoms with Crippen molar-refractivity contribution in [3.63, 3.8) is 0 Å². The van der Waals surface area contributed by atoms with Crippen LogP contribution in [0.4, 0.5) is 0 Å². The number of hydrogen-bond acceptors (Lipinski definition) is 3. The lowest BCUT2D eigenvalue weighted by Crippen LogP contribution is -2.04. The molecular weight excluding hydrogens is 262 g/mol. The van der Waals surface area contributed by atoms with Crippen LogP contribution in [0.1, 0.15) is 11.1 Å². The fourth-order valence-electron chi connectivity index (χ4n) is 0.911. The molecule has 0 aliphatic rings. The van der Waals surface area contributed by atoms with Gasteiger partial charge in [0, 0.05) is 5.75 Å². The van der Waals surface area contributed by atoms with Gasteiger partial charge >= 0.3 is 0 Å². The number of thioether (sulfide) groups is 1. The maximum atomic E-state index is 8.74. The topological polar surface area (TPSA) is 73.7 Å². The zero-order valence-corrected chi connectivity index (χ0v) is 9.89. The number of amidine groups is 1. The molecule has 0 saturated carbocycles. The predicted octanol–water partition coefficient (Wildman–Crippen LogP) is 2.26. The van der Waals surface area contributed by atoms with Gasteiger partial charge in [0.1, 0.15) is 0 Å². The van der Waals surface area contributed by atoms with E-state index in [0.717, 1.165) is 5.56 Å². The third kappa shape index (κ3) is 3.81. The summed E-state index contributed by atoms with van der Waals surface area (Å²) in [4.78, 5) is 0. The average Bonchev–Trinajstić information content (AvgIpc) is 2.15. The first-order valence-electron chi connectivity index (χ1n) is 3.69. The molecule has 0 spiro atoms. The lowest BCUT2D eigenvalue weighted by molar-refractivity contribution is 1.36. The quantitative estimate of drug-likeness (QED) is 0.640. The number of nitrogens with zero attached hydrogens (tertiary/aromatic N) is 1. The zero-order valence-electron chi connectivity index (χ0n) is 7.36. The highest BCUT2D eigenvalue weighted by Crippen LogP contribution is 2.14. The maximum Gasteiger partial charge on any atom is 0.151 e. The largest absolute Gasteiger partial charge is 0.379 e. The van der Waals surface area contributed by atoms with E-state index in [1.54, 1.807) is 6.07 Å². The number of hydrogen-bond donors (Lipinski definition) is 2. The smallest absolute Gasteiger partial charge is 0.151 e. The molecule has 0 unspecified atom stereocenters. The summed E-state index contributed by atoms with van der Waals surface area (Å²) < 4.78 is 0. The van der Waals surface area contributed by atoms with Crippen LogP contribution in [-0.4, -0.2) is 5.17 Å². The molecule has 0 aliphatic heterocycles. The van der Waals surface area contributed by atoms with Gasteiger partial charge in [0.2, 0.25) is 0 Å². The van der Waals surface area contributed by atoms with Crippen LogP contribution in [0.25, 0.3) is 0 Å². The Bertz CT molecular complexity index is 359. The van der Waals surface area contributed by atoms with E-state index in [2.05, 4.69) is 6.07 Å². The van der Waals surface area contributed by atoms with Crippen molar-refractivity contribution in [1.82, 2.24) is 0 Å². The van der Waals surface area contributed by atoms with E-state index < -0.39 is 0 Å². The lowest BCUT2D eigenvalue weighted by Gasteiger charge is -2.01. The summed E-state index contributed by atoms with van der Waals surface area (Å²) in [5.74, 6) is 0.582. The van der Waals surface area contributed by atoms with Crippen molar-refractivity contribution >= 4 is 33.9 Å². The second-order valence-corrected chi connectivity index (χ2v) is 3.44. The van der Waals surface area contributed by atoms with Crippen LogP contribution in [0.15, 0.2) is 24.3 Å². The highest BCUT2D eigenvalue weighted by Gasteiger charge is 2.00. The molecule has 0 saturated heterocycles. The van der Waals surface area contributed by atoms with Gasteiger partial charge in [-0.1, -0.05) is 30.0 Å². The Morgan fingerprint density at radius 1 is 1.50 bits per heavy atom. The van der Waals surface area contributed by atoms with Gasteiger partial charge < -0.3 is 5.73 Å². The van der Waals surface area contributed by atoms with Crippen molar-refractivity contribution in [3.8, 4) is 6.07 Å². The van der Waals surface area contributed by atoms with Crippen LogP contribution in [-0.2, 0) is 5.75 Å². The van der Waals surface area contributed by atoms with Gasteiger partial charge in [-0.15, -0.1) is 17.0 Å². The molecule has 14 heavy (non-hydrogen) atoms. The Hall–Kier alpha value is -0.990. The first kappa shape index (κ1) is 13.0. The molecule has 1 rings (SSSR count). The van der Waals surface area contributed by atoms with Gasteiger partial charge in [0.05, 0.1) is 11.6 Å². The highest BCUT2D eigenvalue weighted by atomic mass is 79.9. The Kier molecular flexibility index (Phi) is 6.00. The van der Waals surface area contributed by atoms with E-state index >= 15 is 0 Å². The first-order valence-corrected chi connectivity index (χ1v) is 4.67. The van der Waals surface area contributed by atoms with Gasteiger partial charge in [-0.05, 0) is 11.6 Å². The monoisotopic (exact) mass is 271 g/mol. The molecule has 0 atom stereocenters. The number of nitriles is 1. The van der Waals surface area contributed by atoms with Gasteiger partial charge in [0.25, 0.3) is 0 Å². The summed E-state index contributed by atoms with van der Waals surface area (Å²) in [7, 11) is 0. The Labute approximate surface area is 97.6 Å². The highest BCUT2D eigenvalue weighted by molar-refractivity contribution is 8.93. The van der Waals surface area contributed by atoms with Crippen LogP contribution in [0, 0.1) is 16.7 Å². The van der Waals surface area contributed by atoms with Crippen LogP contribution in [0.3, 0.4) is 0 Å². The molecule has 3 N–H and O–H groups in total. The van der Waals surface area contributed by atoms with Gasteiger partial charge in [-0.25, -0.2) is 0 Å². The van der Waals surface area contributed by atoms with Crippen LogP contribution < -0.4 is 5.73 Å². The normalized spacial score (nSPS) is 8.50. The van der Waals surface area contributed by atoms with Crippen molar-refractivity contribution in [2.45, 2.75) is 5.75 Å². The lowest BCUT2D eigenvalue weighted by atomic mass is 10.1. The van der Waals surface area contributed by atoms with Gasteiger partial charge in [-0.3, -0.25) is 5.41 Å². The molecule has 0 heterocycles. The van der Waals surface area contributed by atoms with E-state index in [-0.39, 0.29) is 22.1 Å². The van der Waals surface area contributed by atoms with Crippen LogP contribution >= 0.6 is 28.7 Å². The first-order chi connectivity index (χ1) is 6.24. The molecular formula is C9H10BrN3S. The zero-order chi connectivity index (χ0) is 9.68. The van der Waals surface area contributed by atoms with Crippen molar-refractivity contribution in [2.24, 2.45) is 5.73 Å². The third-order valence-electron chi connectivity index (χ3n) is 1.52. The second-order valence-electron chi connectivity index (χ2n) is 2.42. The Morgan fingerprint density at radius 2 is 2.14 bits per heavy atom. The van der Waals surface area contributed by atoms with E-state index in [1.165, 1.54) is 11.8 Å². The molecule has 0 radical (unpaired) electrons. The molecule has 1 aromatic carbocycles. The standard InChI is InChI=1S/C9H9N3S.BrH/c10-5-7-3-1-2-4-8(7)6-13-9(11)12;/h1-4H,6H2,(H3,11,12);1H. The molecule has 74 valence electrons. The van der Waals surface area contributed by atoms with E-state index in [4.69, 9.17) is 16.4 Å². The van der Waals surface area contributed by atoms with E-state index in [0.29, 0.717) is 11.3 Å². The van der Waals surface area contributed by atoms with Crippen molar-refractivity contribution in [2.75, 3.05) is 0 Å². The summed E-state index contributed by atoms with van der Waals surface area (Å²) in [6.07, 6.45) is 0. The van der Waals surface area contributed by atoms with Crippen LogP contribution in [0.2, 0.25) is 0 Å². The Morgan fingerprint density at radius 3 is 2.71 bits per heavy atom. The molecule has 3 nitrogen and oxygen atoms in total. The molecule has 0 aliphatic carbocycles. The summed E-state index contributed by atoms with van der Waals surface area (Å²) in [5.41, 5.74) is 6.77. The number of nitrogens with two attached hydrogens (primary N) is 1. The number of halogens is 1. The molecule has 0 fully saturated rings. The average molecular weight is 272 g/mol. The molecule has 0 bridgehead atoms.